The molecule has 1 aromatic heterocycles. The minimum Gasteiger partial charge on any atom is -0.261 e. The summed E-state index contributed by atoms with van der Waals surface area (Å²) < 4.78 is 0. The number of hydrogen-bond acceptors (Lipinski definition) is 1. The highest BCUT2D eigenvalue weighted by molar-refractivity contribution is 5.38. The molecule has 81 valence electrons. The molecule has 0 saturated carbocycles. The van der Waals surface area contributed by atoms with Crippen LogP contribution in [0.15, 0.2) is 30.5 Å². The van der Waals surface area contributed by atoms with Gasteiger partial charge in [0.15, 0.2) is 0 Å². The second kappa shape index (κ2) is 4.48. The average Bonchev–Trinajstić information content (AvgIpc) is 2.31. The Balaban J connectivity index is 2.38. The van der Waals surface area contributed by atoms with E-state index < -0.39 is 0 Å². The average molecular weight is 210 g/mol. The summed E-state index contributed by atoms with van der Waals surface area (Å²) in [5.41, 5.74) is 6.45. The zero-order chi connectivity index (χ0) is 11.5. The van der Waals surface area contributed by atoms with E-state index in [0.29, 0.717) is 0 Å². The predicted molar refractivity (Wildman–Crippen MR) is 66.5 cm³/mol. The van der Waals surface area contributed by atoms with Crippen molar-refractivity contribution in [2.75, 3.05) is 0 Å². The van der Waals surface area contributed by atoms with Gasteiger partial charge in [-0.2, -0.15) is 0 Å². The highest BCUT2D eigenvalue weighted by Gasteiger charge is 2.06. The minimum absolute atomic E-state index is 0.982. The van der Waals surface area contributed by atoms with E-state index in [4.69, 9.17) is 0 Å². The molecule has 1 aromatic carbocycles. The molecule has 0 spiro atoms. The molecule has 0 fully saturated rings. The lowest BCUT2D eigenvalue weighted by molar-refractivity contribution is 1.04. The van der Waals surface area contributed by atoms with E-state index in [2.05, 4.69) is 44.0 Å². The van der Waals surface area contributed by atoms with Gasteiger partial charge in [-0.05, 0) is 55.5 Å². The van der Waals surface area contributed by atoms with Gasteiger partial charge in [0, 0.05) is 11.9 Å². The fourth-order valence-corrected chi connectivity index (χ4v) is 1.90. The maximum Gasteiger partial charge on any atom is 0.0404 e. The molecule has 0 bridgehead atoms. The highest BCUT2D eigenvalue weighted by Crippen LogP contribution is 2.19. The van der Waals surface area contributed by atoms with E-state index in [-0.39, 0.29) is 0 Å². The predicted octanol–water partition coefficient (Wildman–Crippen LogP) is 3.40. The number of rotatable bonds is 2. The first kappa shape index (κ1) is 10.9. The van der Waals surface area contributed by atoms with Crippen molar-refractivity contribution < 1.29 is 0 Å². The van der Waals surface area contributed by atoms with Gasteiger partial charge in [-0.1, -0.05) is 24.3 Å². The molecule has 1 nitrogen and oxygen atoms in total. The first-order valence-electron chi connectivity index (χ1n) is 5.55. The van der Waals surface area contributed by atoms with Gasteiger partial charge in [-0.3, -0.25) is 4.98 Å². The molecule has 0 aliphatic heterocycles. The van der Waals surface area contributed by atoms with Crippen LogP contribution in [0, 0.1) is 26.8 Å². The van der Waals surface area contributed by atoms with E-state index in [1.807, 2.05) is 18.3 Å². The van der Waals surface area contributed by atoms with Gasteiger partial charge < -0.3 is 0 Å². The van der Waals surface area contributed by atoms with Crippen molar-refractivity contribution in [1.82, 2.24) is 4.98 Å². The molecule has 1 heteroatoms. The Morgan fingerprint density at radius 3 is 2.50 bits per heavy atom. The van der Waals surface area contributed by atoms with Crippen LogP contribution in [0.2, 0.25) is 0 Å². The molecule has 1 radical (unpaired) electrons. The van der Waals surface area contributed by atoms with Crippen LogP contribution in [0.5, 0.6) is 0 Å². The van der Waals surface area contributed by atoms with Crippen molar-refractivity contribution in [1.29, 1.82) is 0 Å². The molecule has 0 atom stereocenters. The monoisotopic (exact) mass is 210 g/mol. The van der Waals surface area contributed by atoms with E-state index in [0.717, 1.165) is 12.1 Å². The van der Waals surface area contributed by atoms with Gasteiger partial charge in [-0.25, -0.2) is 0 Å². The zero-order valence-corrected chi connectivity index (χ0v) is 10.0. The summed E-state index contributed by atoms with van der Waals surface area (Å²) in [7, 11) is 0. The van der Waals surface area contributed by atoms with Crippen LogP contribution in [-0.2, 0) is 6.42 Å². The van der Waals surface area contributed by atoms with Gasteiger partial charge in [-0.15, -0.1) is 0 Å². The number of aryl methyl sites for hydroxylation is 2. The Labute approximate surface area is 97.2 Å². The number of nitrogens with zero attached hydrogens (tertiary/aromatic N) is 1. The molecule has 0 saturated heterocycles. The van der Waals surface area contributed by atoms with E-state index in [9.17, 15) is 0 Å². The van der Waals surface area contributed by atoms with Crippen LogP contribution >= 0.6 is 0 Å². The second-order valence-electron chi connectivity index (χ2n) is 4.22. The SMILES string of the molecule is Cc1cnc(C)c(C)c1Cc1cc[c]cc1. The Hall–Kier alpha value is -1.63. The lowest BCUT2D eigenvalue weighted by Crippen LogP contribution is -1.99. The third kappa shape index (κ3) is 2.13. The Morgan fingerprint density at radius 1 is 1.12 bits per heavy atom. The maximum atomic E-state index is 4.37. The molecule has 2 aromatic rings. The summed E-state index contributed by atoms with van der Waals surface area (Å²) in [5, 5.41) is 0. The molecular formula is C15H16N. The first-order chi connectivity index (χ1) is 7.68. The minimum atomic E-state index is 0.982. The number of pyridine rings is 1. The summed E-state index contributed by atoms with van der Waals surface area (Å²) >= 11 is 0. The lowest BCUT2D eigenvalue weighted by atomic mass is 9.97. The molecule has 1 heterocycles. The van der Waals surface area contributed by atoms with Gasteiger partial charge >= 0.3 is 0 Å². The topological polar surface area (TPSA) is 12.9 Å². The van der Waals surface area contributed by atoms with E-state index >= 15 is 0 Å². The van der Waals surface area contributed by atoms with Crippen molar-refractivity contribution in [2.24, 2.45) is 0 Å². The third-order valence-electron chi connectivity index (χ3n) is 3.09. The molecule has 0 unspecified atom stereocenters. The van der Waals surface area contributed by atoms with Crippen LogP contribution in [0.4, 0.5) is 0 Å². The highest BCUT2D eigenvalue weighted by atomic mass is 14.7. The standard InChI is InChI=1S/C15H16N/c1-11-10-16-13(3)12(2)15(11)9-14-7-5-4-6-8-14/h5-8,10H,9H2,1-3H3. The van der Waals surface area contributed by atoms with Crippen molar-refractivity contribution in [2.45, 2.75) is 27.2 Å². The lowest BCUT2D eigenvalue weighted by Gasteiger charge is -2.11. The summed E-state index contributed by atoms with van der Waals surface area (Å²) in [6.07, 6.45) is 2.95. The molecule has 0 N–H and O–H groups in total. The summed E-state index contributed by atoms with van der Waals surface area (Å²) in [6, 6.07) is 11.2. The molecule has 2 rings (SSSR count). The molecule has 0 amide bonds. The largest absolute Gasteiger partial charge is 0.261 e. The van der Waals surface area contributed by atoms with Crippen molar-refractivity contribution in [3.8, 4) is 0 Å². The second-order valence-corrected chi connectivity index (χ2v) is 4.22. The summed E-state index contributed by atoms with van der Waals surface area (Å²) in [4.78, 5) is 4.37. The maximum absolute atomic E-state index is 4.37. The Bertz CT molecular complexity index is 486. The normalized spacial score (nSPS) is 10.4. The zero-order valence-electron chi connectivity index (χ0n) is 10.0. The van der Waals surface area contributed by atoms with Crippen molar-refractivity contribution in [3.63, 3.8) is 0 Å². The summed E-state index contributed by atoms with van der Waals surface area (Å²) in [6.45, 7) is 6.35. The van der Waals surface area contributed by atoms with Crippen LogP contribution in [-0.4, -0.2) is 4.98 Å². The van der Waals surface area contributed by atoms with Crippen LogP contribution in [0.25, 0.3) is 0 Å². The van der Waals surface area contributed by atoms with Gasteiger partial charge in [0.05, 0.1) is 0 Å². The first-order valence-corrected chi connectivity index (χ1v) is 5.55. The van der Waals surface area contributed by atoms with Crippen molar-refractivity contribution >= 4 is 0 Å². The fourth-order valence-electron chi connectivity index (χ4n) is 1.90. The van der Waals surface area contributed by atoms with Gasteiger partial charge in [0.25, 0.3) is 0 Å². The fraction of sp³-hybridized carbons (Fsp3) is 0.267. The Morgan fingerprint density at radius 2 is 1.81 bits per heavy atom. The van der Waals surface area contributed by atoms with Crippen LogP contribution < -0.4 is 0 Å². The van der Waals surface area contributed by atoms with Crippen LogP contribution in [0.1, 0.15) is 27.9 Å². The number of hydrogen-bond donors (Lipinski definition) is 0. The quantitative estimate of drug-likeness (QED) is 0.740. The van der Waals surface area contributed by atoms with E-state index in [1.54, 1.807) is 0 Å². The van der Waals surface area contributed by atoms with Gasteiger partial charge in [0.1, 0.15) is 0 Å². The summed E-state index contributed by atoms with van der Waals surface area (Å²) in [5.74, 6) is 0. The van der Waals surface area contributed by atoms with Crippen molar-refractivity contribution in [3.05, 3.63) is 64.5 Å². The molecule has 0 aliphatic carbocycles. The Kier molecular flexibility index (Phi) is 3.04. The number of aromatic nitrogens is 1. The van der Waals surface area contributed by atoms with E-state index in [1.165, 1.54) is 22.3 Å². The van der Waals surface area contributed by atoms with Gasteiger partial charge in [0.2, 0.25) is 0 Å². The molecule has 0 aliphatic rings. The molecule has 16 heavy (non-hydrogen) atoms. The smallest absolute Gasteiger partial charge is 0.0404 e. The third-order valence-corrected chi connectivity index (χ3v) is 3.09. The van der Waals surface area contributed by atoms with Crippen LogP contribution in [0.3, 0.4) is 0 Å². The molecular weight excluding hydrogens is 194 g/mol. The number of benzene rings is 1.